The molecule has 5 nitrogen and oxygen atoms in total. The summed E-state index contributed by atoms with van der Waals surface area (Å²) < 4.78 is 5.43. The van der Waals surface area contributed by atoms with Crippen LogP contribution in [0.3, 0.4) is 0 Å². The molecule has 114 valence electrons. The molecule has 3 atom stereocenters. The van der Waals surface area contributed by atoms with Crippen LogP contribution in [0.1, 0.15) is 52.4 Å². The smallest absolute Gasteiger partial charge is 0.303 e. The zero-order valence-electron chi connectivity index (χ0n) is 12.6. The topological polar surface area (TPSA) is 66.8 Å². The van der Waals surface area contributed by atoms with Gasteiger partial charge in [-0.3, -0.25) is 9.59 Å². The predicted octanol–water partition coefficient (Wildman–Crippen LogP) is 2.05. The van der Waals surface area contributed by atoms with Gasteiger partial charge in [-0.05, 0) is 44.9 Å². The molecule has 3 unspecified atom stereocenters. The van der Waals surface area contributed by atoms with Gasteiger partial charge in [-0.25, -0.2) is 0 Å². The SMILES string of the molecule is CCC(C)(OC)C(=O)N1C2CCC1CC(CC(=O)O)C2. The van der Waals surface area contributed by atoms with E-state index in [0.717, 1.165) is 25.7 Å². The molecule has 5 heteroatoms. The van der Waals surface area contributed by atoms with Gasteiger partial charge in [0, 0.05) is 25.6 Å². The number of aliphatic carboxylic acids is 1. The molecule has 0 radical (unpaired) electrons. The van der Waals surface area contributed by atoms with Crippen molar-refractivity contribution in [3.05, 3.63) is 0 Å². The minimum atomic E-state index is -0.750. The molecule has 0 aromatic carbocycles. The largest absolute Gasteiger partial charge is 0.481 e. The van der Waals surface area contributed by atoms with Crippen molar-refractivity contribution in [1.29, 1.82) is 0 Å². The summed E-state index contributed by atoms with van der Waals surface area (Å²) in [5, 5.41) is 8.94. The van der Waals surface area contributed by atoms with Gasteiger partial charge >= 0.3 is 5.97 Å². The zero-order valence-corrected chi connectivity index (χ0v) is 12.6. The number of carbonyl (C=O) groups excluding carboxylic acids is 1. The number of piperidine rings is 1. The maximum absolute atomic E-state index is 12.8. The molecule has 0 aromatic heterocycles. The fraction of sp³-hybridized carbons (Fsp3) is 0.867. The zero-order chi connectivity index (χ0) is 14.9. The predicted molar refractivity (Wildman–Crippen MR) is 74.3 cm³/mol. The van der Waals surface area contributed by atoms with Crippen LogP contribution in [0, 0.1) is 5.92 Å². The Labute approximate surface area is 120 Å². The highest BCUT2D eigenvalue weighted by atomic mass is 16.5. The molecular formula is C15H25NO4. The molecule has 0 saturated carbocycles. The van der Waals surface area contributed by atoms with E-state index in [-0.39, 0.29) is 30.3 Å². The van der Waals surface area contributed by atoms with E-state index in [1.165, 1.54) is 0 Å². The Morgan fingerprint density at radius 1 is 1.30 bits per heavy atom. The van der Waals surface area contributed by atoms with Crippen LogP contribution in [-0.2, 0) is 14.3 Å². The molecule has 0 spiro atoms. The Kier molecular flexibility index (Phi) is 4.37. The van der Waals surface area contributed by atoms with Crippen molar-refractivity contribution >= 4 is 11.9 Å². The van der Waals surface area contributed by atoms with Gasteiger partial charge in [-0.2, -0.15) is 0 Å². The fourth-order valence-corrected chi connectivity index (χ4v) is 3.69. The quantitative estimate of drug-likeness (QED) is 0.838. The lowest BCUT2D eigenvalue weighted by atomic mass is 9.86. The normalized spacial score (nSPS) is 31.9. The summed E-state index contributed by atoms with van der Waals surface area (Å²) in [6.07, 6.45) is 4.50. The van der Waals surface area contributed by atoms with E-state index in [9.17, 15) is 9.59 Å². The van der Waals surface area contributed by atoms with E-state index in [2.05, 4.69) is 0 Å². The number of hydrogen-bond donors (Lipinski definition) is 1. The maximum atomic E-state index is 12.8. The van der Waals surface area contributed by atoms with Crippen molar-refractivity contribution in [3.63, 3.8) is 0 Å². The second kappa shape index (κ2) is 5.72. The second-order valence-corrected chi connectivity index (χ2v) is 6.32. The summed E-state index contributed by atoms with van der Waals surface area (Å²) >= 11 is 0. The molecule has 2 rings (SSSR count). The standard InChI is InChI=1S/C15H25NO4/c1-4-15(2,20-3)14(19)16-11-5-6-12(16)8-10(7-11)9-13(17)18/h10-12H,4-9H2,1-3H3,(H,17,18). The van der Waals surface area contributed by atoms with Gasteiger partial charge < -0.3 is 14.7 Å². The van der Waals surface area contributed by atoms with Crippen molar-refractivity contribution in [3.8, 4) is 0 Å². The van der Waals surface area contributed by atoms with Gasteiger partial charge in [-0.15, -0.1) is 0 Å². The van der Waals surface area contributed by atoms with Gasteiger partial charge in [0.25, 0.3) is 5.91 Å². The van der Waals surface area contributed by atoms with E-state index in [0.29, 0.717) is 6.42 Å². The average molecular weight is 283 g/mol. The maximum Gasteiger partial charge on any atom is 0.303 e. The minimum Gasteiger partial charge on any atom is -0.481 e. The molecule has 20 heavy (non-hydrogen) atoms. The third-order valence-electron chi connectivity index (χ3n) is 5.11. The number of carboxylic acid groups (broad SMARTS) is 1. The van der Waals surface area contributed by atoms with E-state index in [4.69, 9.17) is 9.84 Å². The molecule has 0 aliphatic carbocycles. The third kappa shape index (κ3) is 2.68. The van der Waals surface area contributed by atoms with Gasteiger partial charge in [0.1, 0.15) is 5.60 Å². The number of carbonyl (C=O) groups is 2. The van der Waals surface area contributed by atoms with Crippen molar-refractivity contribution in [2.75, 3.05) is 7.11 Å². The molecule has 1 amide bonds. The number of ether oxygens (including phenoxy) is 1. The van der Waals surface area contributed by atoms with Gasteiger partial charge in [0.05, 0.1) is 0 Å². The molecule has 2 bridgehead atoms. The Hall–Kier alpha value is -1.10. The first kappa shape index (κ1) is 15.3. The Bertz CT molecular complexity index is 377. The van der Waals surface area contributed by atoms with Crippen LogP contribution in [0.25, 0.3) is 0 Å². The van der Waals surface area contributed by atoms with Gasteiger partial charge in [-0.1, -0.05) is 6.92 Å². The molecule has 2 fully saturated rings. The summed E-state index contributed by atoms with van der Waals surface area (Å²) in [5.41, 5.74) is -0.750. The first-order chi connectivity index (χ1) is 9.41. The summed E-state index contributed by atoms with van der Waals surface area (Å²) in [4.78, 5) is 25.6. The van der Waals surface area contributed by atoms with Crippen LogP contribution < -0.4 is 0 Å². The summed E-state index contributed by atoms with van der Waals surface area (Å²) in [7, 11) is 1.58. The second-order valence-electron chi connectivity index (χ2n) is 6.32. The summed E-state index contributed by atoms with van der Waals surface area (Å²) in [6.45, 7) is 3.80. The molecular weight excluding hydrogens is 258 g/mol. The molecule has 2 saturated heterocycles. The third-order valence-corrected chi connectivity index (χ3v) is 5.11. The Balaban J connectivity index is 2.09. The van der Waals surface area contributed by atoms with Crippen molar-refractivity contribution in [2.24, 2.45) is 5.92 Å². The lowest BCUT2D eigenvalue weighted by molar-refractivity contribution is -0.159. The highest BCUT2D eigenvalue weighted by Gasteiger charge is 2.48. The van der Waals surface area contributed by atoms with Crippen LogP contribution in [0.15, 0.2) is 0 Å². The highest BCUT2D eigenvalue weighted by molar-refractivity contribution is 5.85. The van der Waals surface area contributed by atoms with Gasteiger partial charge in [0.15, 0.2) is 0 Å². The number of methoxy groups -OCH3 is 1. The van der Waals surface area contributed by atoms with Gasteiger partial charge in [0.2, 0.25) is 0 Å². The monoisotopic (exact) mass is 283 g/mol. The lowest BCUT2D eigenvalue weighted by Crippen LogP contribution is -2.55. The summed E-state index contributed by atoms with van der Waals surface area (Å²) in [5.74, 6) is -0.447. The van der Waals surface area contributed by atoms with E-state index < -0.39 is 11.6 Å². The van der Waals surface area contributed by atoms with E-state index in [1.807, 2.05) is 18.7 Å². The number of carboxylic acids is 1. The number of fused-ring (bicyclic) bond motifs is 2. The van der Waals surface area contributed by atoms with Crippen molar-refractivity contribution in [2.45, 2.75) is 70.1 Å². The molecule has 0 aromatic rings. The van der Waals surface area contributed by atoms with Crippen LogP contribution in [0.2, 0.25) is 0 Å². The minimum absolute atomic E-state index is 0.0729. The first-order valence-corrected chi connectivity index (χ1v) is 7.51. The Morgan fingerprint density at radius 3 is 2.25 bits per heavy atom. The molecule has 2 aliphatic rings. The van der Waals surface area contributed by atoms with Crippen LogP contribution >= 0.6 is 0 Å². The van der Waals surface area contributed by atoms with Crippen molar-refractivity contribution < 1.29 is 19.4 Å². The highest BCUT2D eigenvalue weighted by Crippen LogP contribution is 2.41. The number of hydrogen-bond acceptors (Lipinski definition) is 3. The van der Waals surface area contributed by atoms with Crippen LogP contribution in [0.5, 0.6) is 0 Å². The summed E-state index contributed by atoms with van der Waals surface area (Å²) in [6, 6.07) is 0.401. The first-order valence-electron chi connectivity index (χ1n) is 7.51. The number of nitrogens with zero attached hydrogens (tertiary/aromatic N) is 1. The number of amides is 1. The Morgan fingerprint density at radius 2 is 1.85 bits per heavy atom. The van der Waals surface area contributed by atoms with Crippen molar-refractivity contribution in [1.82, 2.24) is 4.90 Å². The fourth-order valence-electron chi connectivity index (χ4n) is 3.69. The van der Waals surface area contributed by atoms with E-state index >= 15 is 0 Å². The molecule has 2 heterocycles. The van der Waals surface area contributed by atoms with E-state index in [1.54, 1.807) is 7.11 Å². The lowest BCUT2D eigenvalue weighted by Gasteiger charge is -2.42. The molecule has 1 N–H and O–H groups in total. The number of rotatable bonds is 5. The van der Waals surface area contributed by atoms with Crippen LogP contribution in [0.4, 0.5) is 0 Å². The average Bonchev–Trinajstić information content (AvgIpc) is 2.67. The van der Waals surface area contributed by atoms with Crippen LogP contribution in [-0.4, -0.2) is 46.7 Å². The molecule has 2 aliphatic heterocycles.